The van der Waals surface area contributed by atoms with Gasteiger partial charge in [0.15, 0.2) is 0 Å². The lowest BCUT2D eigenvalue weighted by Crippen LogP contribution is -2.36. The van der Waals surface area contributed by atoms with E-state index in [1.54, 1.807) is 0 Å². The molecule has 0 aliphatic carbocycles. The highest BCUT2D eigenvalue weighted by atomic mass is 15.1. The van der Waals surface area contributed by atoms with Gasteiger partial charge in [-0.3, -0.25) is 0 Å². The molecule has 3 nitrogen and oxygen atoms in total. The average molecular weight is 207 g/mol. The van der Waals surface area contributed by atoms with Crippen molar-refractivity contribution in [2.45, 2.75) is 51.6 Å². The van der Waals surface area contributed by atoms with Crippen molar-refractivity contribution in [3.63, 3.8) is 0 Å². The summed E-state index contributed by atoms with van der Waals surface area (Å²) in [5.41, 5.74) is 1.37. The van der Waals surface area contributed by atoms with Crippen LogP contribution in [0.3, 0.4) is 0 Å². The van der Waals surface area contributed by atoms with Crippen molar-refractivity contribution < 1.29 is 0 Å². The summed E-state index contributed by atoms with van der Waals surface area (Å²) in [6.07, 6.45) is 9.09. The van der Waals surface area contributed by atoms with Gasteiger partial charge in [0.2, 0.25) is 0 Å². The molecule has 0 bridgehead atoms. The van der Waals surface area contributed by atoms with Crippen LogP contribution in [0, 0.1) is 0 Å². The van der Waals surface area contributed by atoms with E-state index in [1.807, 2.05) is 12.5 Å². The molecule has 0 amide bonds. The molecule has 84 valence electrons. The summed E-state index contributed by atoms with van der Waals surface area (Å²) < 4.78 is 2.27. The van der Waals surface area contributed by atoms with Crippen molar-refractivity contribution >= 4 is 0 Å². The van der Waals surface area contributed by atoms with Crippen LogP contribution in [0.25, 0.3) is 0 Å². The highest BCUT2D eigenvalue weighted by Crippen LogP contribution is 2.15. The fraction of sp³-hybridized carbons (Fsp3) is 0.750. The molecule has 0 spiro atoms. The van der Waals surface area contributed by atoms with Gasteiger partial charge < -0.3 is 9.88 Å². The molecule has 1 atom stereocenters. The maximum absolute atomic E-state index is 4.24. The van der Waals surface area contributed by atoms with Gasteiger partial charge in [0.25, 0.3) is 0 Å². The SMILES string of the molecule is CC(C)n1cncc1CC1CCCCN1. The Kier molecular flexibility index (Phi) is 3.41. The van der Waals surface area contributed by atoms with Crippen molar-refractivity contribution in [2.24, 2.45) is 0 Å². The summed E-state index contributed by atoms with van der Waals surface area (Å²) in [7, 11) is 0. The van der Waals surface area contributed by atoms with Gasteiger partial charge in [-0.2, -0.15) is 0 Å². The Hall–Kier alpha value is -0.830. The first-order valence-electron chi connectivity index (χ1n) is 6.01. The molecule has 1 saturated heterocycles. The van der Waals surface area contributed by atoms with Crippen molar-refractivity contribution in [3.05, 3.63) is 18.2 Å². The first-order chi connectivity index (χ1) is 7.27. The molecule has 1 aliphatic rings. The molecule has 1 fully saturated rings. The van der Waals surface area contributed by atoms with Crippen LogP contribution >= 0.6 is 0 Å². The molecule has 0 aromatic carbocycles. The van der Waals surface area contributed by atoms with E-state index in [4.69, 9.17) is 0 Å². The third-order valence-electron chi connectivity index (χ3n) is 3.17. The maximum Gasteiger partial charge on any atom is 0.0950 e. The third kappa shape index (κ3) is 2.59. The van der Waals surface area contributed by atoms with Crippen LogP contribution in [0.5, 0.6) is 0 Å². The van der Waals surface area contributed by atoms with Gasteiger partial charge in [-0.05, 0) is 33.2 Å². The summed E-state index contributed by atoms with van der Waals surface area (Å²) in [6, 6.07) is 1.18. The number of hydrogen-bond acceptors (Lipinski definition) is 2. The van der Waals surface area contributed by atoms with Gasteiger partial charge in [-0.1, -0.05) is 6.42 Å². The molecule has 2 heterocycles. The fourth-order valence-electron chi connectivity index (χ4n) is 2.31. The molecule has 0 saturated carbocycles. The predicted octanol–water partition coefficient (Wildman–Crippen LogP) is 2.15. The lowest BCUT2D eigenvalue weighted by Gasteiger charge is -2.24. The van der Waals surface area contributed by atoms with Gasteiger partial charge in [-0.15, -0.1) is 0 Å². The van der Waals surface area contributed by atoms with Crippen LogP contribution in [-0.4, -0.2) is 22.1 Å². The lowest BCUT2D eigenvalue weighted by atomic mass is 10.0. The summed E-state index contributed by atoms with van der Waals surface area (Å²) in [4.78, 5) is 4.24. The van der Waals surface area contributed by atoms with Gasteiger partial charge >= 0.3 is 0 Å². The molecular weight excluding hydrogens is 186 g/mol. The van der Waals surface area contributed by atoms with E-state index in [0.717, 1.165) is 6.42 Å². The van der Waals surface area contributed by atoms with E-state index in [0.29, 0.717) is 12.1 Å². The largest absolute Gasteiger partial charge is 0.332 e. The van der Waals surface area contributed by atoms with Crippen LogP contribution < -0.4 is 5.32 Å². The number of nitrogens with one attached hydrogen (secondary N) is 1. The van der Waals surface area contributed by atoms with Crippen LogP contribution in [-0.2, 0) is 6.42 Å². The summed E-state index contributed by atoms with van der Waals surface area (Å²) >= 11 is 0. The Morgan fingerprint density at radius 2 is 2.40 bits per heavy atom. The van der Waals surface area contributed by atoms with Crippen molar-refractivity contribution in [1.29, 1.82) is 0 Å². The van der Waals surface area contributed by atoms with Crippen LogP contribution in [0.2, 0.25) is 0 Å². The van der Waals surface area contributed by atoms with E-state index >= 15 is 0 Å². The quantitative estimate of drug-likeness (QED) is 0.823. The van der Waals surface area contributed by atoms with Crippen molar-refractivity contribution in [2.75, 3.05) is 6.54 Å². The molecule has 1 unspecified atom stereocenters. The maximum atomic E-state index is 4.24. The molecule has 1 aliphatic heterocycles. The van der Waals surface area contributed by atoms with Gasteiger partial charge in [0.05, 0.1) is 6.33 Å². The summed E-state index contributed by atoms with van der Waals surface area (Å²) in [5.74, 6) is 0. The van der Waals surface area contributed by atoms with E-state index in [9.17, 15) is 0 Å². The van der Waals surface area contributed by atoms with Crippen LogP contribution in [0.1, 0.15) is 44.8 Å². The molecule has 15 heavy (non-hydrogen) atoms. The minimum atomic E-state index is 0.520. The fourth-order valence-corrected chi connectivity index (χ4v) is 2.31. The first-order valence-corrected chi connectivity index (χ1v) is 6.01. The smallest absolute Gasteiger partial charge is 0.0950 e. The van der Waals surface area contributed by atoms with Crippen molar-refractivity contribution in [3.8, 4) is 0 Å². The number of rotatable bonds is 3. The molecule has 1 aromatic rings. The highest BCUT2D eigenvalue weighted by Gasteiger charge is 2.15. The van der Waals surface area contributed by atoms with Gasteiger partial charge in [0, 0.05) is 30.4 Å². The molecule has 2 rings (SSSR count). The second kappa shape index (κ2) is 4.79. The minimum absolute atomic E-state index is 0.520. The number of piperidine rings is 1. The van der Waals surface area contributed by atoms with Crippen LogP contribution in [0.4, 0.5) is 0 Å². The zero-order valence-corrected chi connectivity index (χ0v) is 9.74. The third-order valence-corrected chi connectivity index (χ3v) is 3.17. The normalized spacial score (nSPS) is 22.2. The lowest BCUT2D eigenvalue weighted by molar-refractivity contribution is 0.390. The summed E-state index contributed by atoms with van der Waals surface area (Å²) in [5, 5.41) is 3.58. The Balaban J connectivity index is 1.99. The zero-order valence-electron chi connectivity index (χ0n) is 9.74. The Morgan fingerprint density at radius 3 is 3.07 bits per heavy atom. The molecule has 1 aromatic heterocycles. The highest BCUT2D eigenvalue weighted by molar-refractivity contribution is 5.03. The second-order valence-corrected chi connectivity index (χ2v) is 4.74. The minimum Gasteiger partial charge on any atom is -0.332 e. The van der Waals surface area contributed by atoms with E-state index in [-0.39, 0.29) is 0 Å². The van der Waals surface area contributed by atoms with Crippen LogP contribution in [0.15, 0.2) is 12.5 Å². The Bertz CT molecular complexity index is 298. The van der Waals surface area contributed by atoms with Gasteiger partial charge in [0.1, 0.15) is 0 Å². The second-order valence-electron chi connectivity index (χ2n) is 4.74. The molecular formula is C12H21N3. The van der Waals surface area contributed by atoms with E-state index < -0.39 is 0 Å². The molecule has 3 heteroatoms. The number of aromatic nitrogens is 2. The number of imidazole rings is 1. The zero-order chi connectivity index (χ0) is 10.7. The number of nitrogens with zero attached hydrogens (tertiary/aromatic N) is 2. The van der Waals surface area contributed by atoms with E-state index in [1.165, 1.54) is 31.5 Å². The van der Waals surface area contributed by atoms with E-state index in [2.05, 4.69) is 28.7 Å². The predicted molar refractivity (Wildman–Crippen MR) is 62.0 cm³/mol. The van der Waals surface area contributed by atoms with Crippen molar-refractivity contribution in [1.82, 2.24) is 14.9 Å². The number of hydrogen-bond donors (Lipinski definition) is 1. The standard InChI is InChI=1S/C12H21N3/c1-10(2)15-9-13-8-12(15)7-11-5-3-4-6-14-11/h8-11,14H,3-7H2,1-2H3. The Morgan fingerprint density at radius 1 is 1.53 bits per heavy atom. The average Bonchev–Trinajstić information content (AvgIpc) is 2.67. The molecule has 1 N–H and O–H groups in total. The molecule has 0 radical (unpaired) electrons. The Labute approximate surface area is 91.9 Å². The van der Waals surface area contributed by atoms with Gasteiger partial charge in [-0.25, -0.2) is 4.98 Å². The topological polar surface area (TPSA) is 29.9 Å². The monoisotopic (exact) mass is 207 g/mol. The first kappa shape index (κ1) is 10.7. The summed E-state index contributed by atoms with van der Waals surface area (Å²) in [6.45, 7) is 5.60.